The van der Waals surface area contributed by atoms with Gasteiger partial charge in [0.05, 0.1) is 34.0 Å². The summed E-state index contributed by atoms with van der Waals surface area (Å²) in [5.74, 6) is 3.27. The van der Waals surface area contributed by atoms with E-state index < -0.39 is 0 Å². The second kappa shape index (κ2) is 7.63. The number of aliphatic hydroxyl groups is 1. The monoisotopic (exact) mass is 333 g/mol. The molecule has 7 nitrogen and oxygen atoms in total. The van der Waals surface area contributed by atoms with Crippen LogP contribution in [-0.2, 0) is 17.7 Å². The summed E-state index contributed by atoms with van der Waals surface area (Å²) >= 11 is 0. The van der Waals surface area contributed by atoms with Gasteiger partial charge < -0.3 is 19.3 Å². The van der Waals surface area contributed by atoms with Crippen LogP contribution in [0.25, 0.3) is 0 Å². The highest BCUT2D eigenvalue weighted by Gasteiger charge is 2.24. The van der Waals surface area contributed by atoms with Crippen LogP contribution < -0.4 is 9.47 Å². The summed E-state index contributed by atoms with van der Waals surface area (Å²) in [6.07, 6.45) is 1.54. The zero-order valence-corrected chi connectivity index (χ0v) is 14.1. The predicted molar refractivity (Wildman–Crippen MR) is 87.6 cm³/mol. The number of methoxy groups -OCH3 is 2. The van der Waals surface area contributed by atoms with Crippen molar-refractivity contribution in [3.8, 4) is 11.5 Å². The molecule has 0 saturated carbocycles. The van der Waals surface area contributed by atoms with Crippen LogP contribution in [0.2, 0.25) is 0 Å². The van der Waals surface area contributed by atoms with Gasteiger partial charge >= 0.3 is 0 Å². The van der Waals surface area contributed by atoms with Gasteiger partial charge in [-0.1, -0.05) is 6.07 Å². The number of nitrogens with zero attached hydrogens (tertiary/aromatic N) is 3. The van der Waals surface area contributed by atoms with Crippen molar-refractivity contribution in [3.05, 3.63) is 35.4 Å². The quantitative estimate of drug-likeness (QED) is 0.825. The Hall–Kier alpha value is -2.12. The van der Waals surface area contributed by atoms with Crippen molar-refractivity contribution in [3.63, 3.8) is 0 Å². The fraction of sp³-hybridized carbons (Fsp3) is 0.529. The van der Waals surface area contributed by atoms with Gasteiger partial charge in [0.1, 0.15) is 5.82 Å². The SMILES string of the molecule is COc1ccc(Cc2nc([C@@H]3CCOC3)n(CCO)n2)cc1OC. The van der Waals surface area contributed by atoms with E-state index in [-0.39, 0.29) is 12.5 Å². The van der Waals surface area contributed by atoms with Gasteiger partial charge in [-0.25, -0.2) is 9.67 Å². The largest absolute Gasteiger partial charge is 0.493 e. The Morgan fingerprint density at radius 1 is 1.29 bits per heavy atom. The average molecular weight is 333 g/mol. The number of rotatable bonds is 7. The molecule has 0 amide bonds. The molecule has 1 atom stereocenters. The van der Waals surface area contributed by atoms with Crippen LogP contribution >= 0.6 is 0 Å². The highest BCUT2D eigenvalue weighted by molar-refractivity contribution is 5.43. The Labute approximate surface area is 141 Å². The van der Waals surface area contributed by atoms with Gasteiger partial charge in [0.15, 0.2) is 17.3 Å². The maximum Gasteiger partial charge on any atom is 0.161 e. The first-order chi connectivity index (χ1) is 11.7. The highest BCUT2D eigenvalue weighted by Crippen LogP contribution is 2.29. The van der Waals surface area contributed by atoms with E-state index >= 15 is 0 Å². The smallest absolute Gasteiger partial charge is 0.161 e. The van der Waals surface area contributed by atoms with Gasteiger partial charge in [-0.05, 0) is 24.1 Å². The second-order valence-corrected chi connectivity index (χ2v) is 5.76. The van der Waals surface area contributed by atoms with Crippen molar-refractivity contribution < 1.29 is 19.3 Å². The Balaban J connectivity index is 1.83. The van der Waals surface area contributed by atoms with Crippen LogP contribution in [-0.4, -0.2) is 53.9 Å². The fourth-order valence-electron chi connectivity index (χ4n) is 2.95. The highest BCUT2D eigenvalue weighted by atomic mass is 16.5. The van der Waals surface area contributed by atoms with Gasteiger partial charge in [-0.2, -0.15) is 5.10 Å². The van der Waals surface area contributed by atoms with E-state index in [1.807, 2.05) is 18.2 Å². The van der Waals surface area contributed by atoms with Crippen molar-refractivity contribution in [1.82, 2.24) is 14.8 Å². The molecule has 0 aliphatic carbocycles. The van der Waals surface area contributed by atoms with Crippen LogP contribution in [0.15, 0.2) is 18.2 Å². The summed E-state index contributed by atoms with van der Waals surface area (Å²) in [7, 11) is 3.24. The molecular formula is C17H23N3O4. The van der Waals surface area contributed by atoms with Crippen molar-refractivity contribution in [1.29, 1.82) is 0 Å². The van der Waals surface area contributed by atoms with Crippen LogP contribution in [0.3, 0.4) is 0 Å². The maximum absolute atomic E-state index is 9.26. The maximum atomic E-state index is 9.26. The van der Waals surface area contributed by atoms with Crippen molar-refractivity contribution >= 4 is 0 Å². The molecule has 0 unspecified atom stereocenters. The number of benzene rings is 1. The molecule has 0 spiro atoms. The molecule has 1 N–H and O–H groups in total. The molecule has 2 heterocycles. The second-order valence-electron chi connectivity index (χ2n) is 5.76. The summed E-state index contributed by atoms with van der Waals surface area (Å²) < 4.78 is 17.9. The third-order valence-corrected chi connectivity index (χ3v) is 4.16. The molecule has 24 heavy (non-hydrogen) atoms. The molecule has 7 heteroatoms. The van der Waals surface area contributed by atoms with Crippen molar-refractivity contribution in [2.24, 2.45) is 0 Å². The molecular weight excluding hydrogens is 310 g/mol. The molecule has 1 saturated heterocycles. The minimum absolute atomic E-state index is 0.0414. The topological polar surface area (TPSA) is 78.6 Å². The lowest BCUT2D eigenvalue weighted by atomic mass is 10.1. The Kier molecular flexibility index (Phi) is 5.32. The summed E-state index contributed by atoms with van der Waals surface area (Å²) in [5, 5.41) is 13.8. The van der Waals surface area contributed by atoms with E-state index in [0.29, 0.717) is 31.1 Å². The first-order valence-corrected chi connectivity index (χ1v) is 8.08. The van der Waals surface area contributed by atoms with Crippen LogP contribution in [0, 0.1) is 0 Å². The fourth-order valence-corrected chi connectivity index (χ4v) is 2.95. The van der Waals surface area contributed by atoms with Crippen molar-refractivity contribution in [2.75, 3.05) is 34.0 Å². The van der Waals surface area contributed by atoms with E-state index in [4.69, 9.17) is 19.2 Å². The third-order valence-electron chi connectivity index (χ3n) is 4.16. The van der Waals surface area contributed by atoms with Gasteiger partial charge in [-0.15, -0.1) is 0 Å². The molecule has 1 aliphatic heterocycles. The number of aromatic nitrogens is 3. The van der Waals surface area contributed by atoms with Crippen LogP contribution in [0.4, 0.5) is 0 Å². The van der Waals surface area contributed by atoms with Crippen molar-refractivity contribution in [2.45, 2.75) is 25.3 Å². The summed E-state index contributed by atoms with van der Waals surface area (Å²) in [5.41, 5.74) is 1.04. The molecule has 0 radical (unpaired) electrons. The average Bonchev–Trinajstić information content (AvgIpc) is 3.25. The Morgan fingerprint density at radius 2 is 2.12 bits per heavy atom. The molecule has 1 aromatic heterocycles. The van der Waals surface area contributed by atoms with E-state index in [2.05, 4.69) is 5.10 Å². The summed E-state index contributed by atoms with van der Waals surface area (Å²) in [6, 6.07) is 5.79. The van der Waals surface area contributed by atoms with Gasteiger partial charge in [-0.3, -0.25) is 0 Å². The lowest BCUT2D eigenvalue weighted by Gasteiger charge is -2.08. The van der Waals surface area contributed by atoms with E-state index in [0.717, 1.165) is 30.2 Å². The molecule has 3 rings (SSSR count). The zero-order valence-electron chi connectivity index (χ0n) is 14.1. The van der Waals surface area contributed by atoms with Gasteiger partial charge in [0, 0.05) is 18.9 Å². The van der Waals surface area contributed by atoms with Crippen LogP contribution in [0.1, 0.15) is 29.6 Å². The minimum Gasteiger partial charge on any atom is -0.493 e. The molecule has 1 fully saturated rings. The molecule has 1 aromatic carbocycles. The zero-order chi connectivity index (χ0) is 16.9. The number of aliphatic hydroxyl groups excluding tert-OH is 1. The molecule has 1 aliphatic rings. The first-order valence-electron chi connectivity index (χ1n) is 8.08. The minimum atomic E-state index is 0.0414. The lowest BCUT2D eigenvalue weighted by molar-refractivity contribution is 0.192. The molecule has 130 valence electrons. The van der Waals surface area contributed by atoms with E-state index in [1.54, 1.807) is 18.9 Å². The normalized spacial score (nSPS) is 17.2. The molecule has 0 bridgehead atoms. The van der Waals surface area contributed by atoms with E-state index in [9.17, 15) is 5.11 Å². The lowest BCUT2D eigenvalue weighted by Crippen LogP contribution is -2.12. The summed E-state index contributed by atoms with van der Waals surface area (Å²) in [6.45, 7) is 1.91. The third kappa shape index (κ3) is 3.52. The predicted octanol–water partition coefficient (Wildman–Crippen LogP) is 1.38. The molecule has 2 aromatic rings. The Morgan fingerprint density at radius 3 is 2.79 bits per heavy atom. The van der Waals surface area contributed by atoms with Crippen LogP contribution in [0.5, 0.6) is 11.5 Å². The van der Waals surface area contributed by atoms with Gasteiger partial charge in [0.25, 0.3) is 0 Å². The number of hydrogen-bond donors (Lipinski definition) is 1. The van der Waals surface area contributed by atoms with E-state index in [1.165, 1.54) is 0 Å². The standard InChI is InChI=1S/C17H23N3O4/c1-22-14-4-3-12(9-15(14)23-2)10-16-18-17(13-5-8-24-11-13)20(19-16)6-7-21/h3-4,9,13,21H,5-8,10-11H2,1-2H3/t13-/m1/s1. The number of ether oxygens (including phenoxy) is 3. The Bertz CT molecular complexity index is 680. The first kappa shape index (κ1) is 16.7. The summed E-state index contributed by atoms with van der Waals surface area (Å²) in [4.78, 5) is 4.69. The number of hydrogen-bond acceptors (Lipinski definition) is 6. The van der Waals surface area contributed by atoms with Gasteiger partial charge in [0.2, 0.25) is 0 Å².